The van der Waals surface area contributed by atoms with Gasteiger partial charge in [0.05, 0.1) is 5.02 Å². The van der Waals surface area contributed by atoms with Gasteiger partial charge in [0.15, 0.2) is 0 Å². The average molecular weight is 224 g/mol. The van der Waals surface area contributed by atoms with Crippen LogP contribution in [0.5, 0.6) is 0 Å². The molecule has 1 aromatic rings. The van der Waals surface area contributed by atoms with E-state index in [4.69, 9.17) is 23.2 Å². The van der Waals surface area contributed by atoms with E-state index in [1.54, 1.807) is 11.4 Å². The van der Waals surface area contributed by atoms with Crippen LogP contribution in [0, 0.1) is 0 Å². The van der Waals surface area contributed by atoms with E-state index < -0.39 is 0 Å². The van der Waals surface area contributed by atoms with E-state index in [1.807, 2.05) is 0 Å². The van der Waals surface area contributed by atoms with Gasteiger partial charge in [0.2, 0.25) is 0 Å². The highest BCUT2D eigenvalue weighted by molar-refractivity contribution is 7.12. The Kier molecular flexibility index (Phi) is 3.85. The molecule has 2 nitrogen and oxygen atoms in total. The number of hydrogen-bond acceptors (Lipinski definition) is 2. The van der Waals surface area contributed by atoms with E-state index in [2.05, 4.69) is 5.32 Å². The van der Waals surface area contributed by atoms with E-state index in [0.717, 1.165) is 0 Å². The van der Waals surface area contributed by atoms with Gasteiger partial charge in [0.1, 0.15) is 4.88 Å². The molecular formula is C7H7Cl2NOS. The first kappa shape index (κ1) is 9.84. The van der Waals surface area contributed by atoms with Crippen molar-refractivity contribution in [2.45, 2.75) is 0 Å². The summed E-state index contributed by atoms with van der Waals surface area (Å²) in [6.07, 6.45) is 0. The van der Waals surface area contributed by atoms with Crippen LogP contribution < -0.4 is 5.32 Å². The molecule has 0 radical (unpaired) electrons. The number of thiophene rings is 1. The van der Waals surface area contributed by atoms with Gasteiger partial charge in [-0.2, -0.15) is 0 Å². The van der Waals surface area contributed by atoms with Crippen molar-refractivity contribution in [3.8, 4) is 0 Å². The van der Waals surface area contributed by atoms with Crippen LogP contribution >= 0.6 is 34.5 Å². The third-order valence-electron chi connectivity index (χ3n) is 1.20. The summed E-state index contributed by atoms with van der Waals surface area (Å²) in [5, 5.41) is 4.90. The Labute approximate surface area is 84.5 Å². The van der Waals surface area contributed by atoms with Crippen molar-refractivity contribution in [1.82, 2.24) is 5.32 Å². The second-order valence-electron chi connectivity index (χ2n) is 2.04. The fourth-order valence-electron chi connectivity index (χ4n) is 0.697. The predicted molar refractivity (Wildman–Crippen MR) is 52.4 cm³/mol. The highest BCUT2D eigenvalue weighted by Gasteiger charge is 2.09. The van der Waals surface area contributed by atoms with Gasteiger partial charge in [-0.3, -0.25) is 4.79 Å². The molecule has 0 aliphatic rings. The smallest absolute Gasteiger partial charge is 0.262 e. The lowest BCUT2D eigenvalue weighted by molar-refractivity contribution is 0.0960. The first-order valence-corrected chi connectivity index (χ1v) is 5.12. The predicted octanol–water partition coefficient (Wildman–Crippen LogP) is 2.37. The second-order valence-corrected chi connectivity index (χ2v) is 3.74. The standard InChI is InChI=1S/C7H7Cl2NOS/c8-2-3-10-7(11)6-5(9)1-4-12-6/h1,4H,2-3H2,(H,10,11). The van der Waals surface area contributed by atoms with Crippen LogP contribution in [0.4, 0.5) is 0 Å². The second kappa shape index (κ2) is 4.70. The maximum atomic E-state index is 11.2. The summed E-state index contributed by atoms with van der Waals surface area (Å²) >= 11 is 12.5. The van der Waals surface area contributed by atoms with Crippen molar-refractivity contribution in [2.75, 3.05) is 12.4 Å². The summed E-state index contributed by atoms with van der Waals surface area (Å²) in [6.45, 7) is 0.467. The van der Waals surface area contributed by atoms with E-state index in [9.17, 15) is 4.79 Å². The zero-order chi connectivity index (χ0) is 8.97. The minimum Gasteiger partial charge on any atom is -0.350 e. The van der Waals surface area contributed by atoms with E-state index in [0.29, 0.717) is 22.3 Å². The molecule has 0 saturated carbocycles. The van der Waals surface area contributed by atoms with Gasteiger partial charge in [-0.05, 0) is 11.4 Å². The van der Waals surface area contributed by atoms with Gasteiger partial charge in [-0.15, -0.1) is 22.9 Å². The minimum absolute atomic E-state index is 0.157. The first-order valence-electron chi connectivity index (χ1n) is 3.33. The van der Waals surface area contributed by atoms with Crippen molar-refractivity contribution in [2.24, 2.45) is 0 Å². The van der Waals surface area contributed by atoms with Gasteiger partial charge in [-0.25, -0.2) is 0 Å². The fraction of sp³-hybridized carbons (Fsp3) is 0.286. The number of carbonyl (C=O) groups excluding carboxylic acids is 1. The number of rotatable bonds is 3. The number of carbonyl (C=O) groups is 1. The lowest BCUT2D eigenvalue weighted by atomic mass is 10.4. The molecule has 0 aliphatic carbocycles. The molecule has 0 aromatic carbocycles. The molecule has 1 heterocycles. The van der Waals surface area contributed by atoms with Crippen LogP contribution in [0.25, 0.3) is 0 Å². The minimum atomic E-state index is -0.157. The lowest BCUT2D eigenvalue weighted by Gasteiger charge is -1.99. The number of halogens is 2. The molecule has 0 saturated heterocycles. The van der Waals surface area contributed by atoms with Gasteiger partial charge in [-0.1, -0.05) is 11.6 Å². The van der Waals surface area contributed by atoms with Crippen molar-refractivity contribution in [3.05, 3.63) is 21.3 Å². The number of hydrogen-bond donors (Lipinski definition) is 1. The molecule has 1 N–H and O–H groups in total. The Hall–Kier alpha value is -0.250. The quantitative estimate of drug-likeness (QED) is 0.784. The molecule has 1 rings (SSSR count). The normalized spacial score (nSPS) is 9.83. The summed E-state index contributed by atoms with van der Waals surface area (Å²) in [7, 11) is 0. The Morgan fingerprint density at radius 2 is 2.42 bits per heavy atom. The molecule has 0 atom stereocenters. The van der Waals surface area contributed by atoms with E-state index in [1.165, 1.54) is 11.3 Å². The van der Waals surface area contributed by atoms with Gasteiger partial charge in [0.25, 0.3) is 5.91 Å². The average Bonchev–Trinajstić information content (AvgIpc) is 2.47. The van der Waals surface area contributed by atoms with Crippen LogP contribution in [-0.4, -0.2) is 18.3 Å². The van der Waals surface area contributed by atoms with Gasteiger partial charge in [0, 0.05) is 12.4 Å². The van der Waals surface area contributed by atoms with Gasteiger partial charge >= 0.3 is 0 Å². The number of amides is 1. The molecule has 1 amide bonds. The Morgan fingerprint density at radius 3 is 2.92 bits per heavy atom. The van der Waals surface area contributed by atoms with Crippen LogP contribution in [0.3, 0.4) is 0 Å². The lowest BCUT2D eigenvalue weighted by Crippen LogP contribution is -2.24. The molecule has 12 heavy (non-hydrogen) atoms. The van der Waals surface area contributed by atoms with Crippen molar-refractivity contribution >= 4 is 40.4 Å². The summed E-state index contributed by atoms with van der Waals surface area (Å²) in [4.78, 5) is 11.8. The zero-order valence-corrected chi connectivity index (χ0v) is 8.47. The first-order chi connectivity index (χ1) is 5.75. The van der Waals surface area contributed by atoms with Crippen LogP contribution in [0.15, 0.2) is 11.4 Å². The fourth-order valence-corrected chi connectivity index (χ4v) is 1.85. The number of nitrogens with one attached hydrogen (secondary N) is 1. The van der Waals surface area contributed by atoms with Crippen molar-refractivity contribution in [1.29, 1.82) is 0 Å². The topological polar surface area (TPSA) is 29.1 Å². The molecule has 0 aliphatic heterocycles. The molecule has 66 valence electrons. The Balaban J connectivity index is 2.59. The summed E-state index contributed by atoms with van der Waals surface area (Å²) in [6, 6.07) is 1.70. The third-order valence-corrected chi connectivity index (χ3v) is 2.73. The summed E-state index contributed by atoms with van der Waals surface area (Å²) < 4.78 is 0. The molecule has 5 heteroatoms. The largest absolute Gasteiger partial charge is 0.350 e. The Morgan fingerprint density at radius 1 is 1.67 bits per heavy atom. The summed E-state index contributed by atoms with van der Waals surface area (Å²) in [5.74, 6) is 0.255. The SMILES string of the molecule is O=C(NCCCl)c1sccc1Cl. The molecule has 0 fully saturated rings. The molecule has 1 aromatic heterocycles. The van der Waals surface area contributed by atoms with Crippen LogP contribution in [0.1, 0.15) is 9.67 Å². The summed E-state index contributed by atoms with van der Waals surface area (Å²) in [5.41, 5.74) is 0. The molecule has 0 spiro atoms. The number of alkyl halides is 1. The molecule has 0 unspecified atom stereocenters. The van der Waals surface area contributed by atoms with Crippen molar-refractivity contribution < 1.29 is 4.79 Å². The van der Waals surface area contributed by atoms with Crippen molar-refractivity contribution in [3.63, 3.8) is 0 Å². The monoisotopic (exact) mass is 223 g/mol. The molecular weight excluding hydrogens is 217 g/mol. The highest BCUT2D eigenvalue weighted by atomic mass is 35.5. The van der Waals surface area contributed by atoms with E-state index in [-0.39, 0.29) is 5.91 Å². The molecule has 0 bridgehead atoms. The van der Waals surface area contributed by atoms with Gasteiger partial charge < -0.3 is 5.32 Å². The zero-order valence-electron chi connectivity index (χ0n) is 6.14. The maximum Gasteiger partial charge on any atom is 0.262 e. The van der Waals surface area contributed by atoms with Crippen LogP contribution in [-0.2, 0) is 0 Å². The maximum absolute atomic E-state index is 11.2. The third kappa shape index (κ3) is 2.37. The van der Waals surface area contributed by atoms with Crippen LogP contribution in [0.2, 0.25) is 5.02 Å². The Bertz CT molecular complexity index is 274. The highest BCUT2D eigenvalue weighted by Crippen LogP contribution is 2.21. The van der Waals surface area contributed by atoms with E-state index >= 15 is 0 Å².